The molecule has 0 bridgehead atoms. The SMILES string of the molecule is CC.CC/C=C/N=C(C)C(C(=O)N1CCC(C)(N2CCN([C@@H](COC)c3ccc(C(F)(F)F)cc3)CC2)CC1)=C(C)C. The number of aliphatic imine (C=N–C) groups is 1. The largest absolute Gasteiger partial charge is 0.416 e. The molecule has 9 heteroatoms. The highest BCUT2D eigenvalue weighted by Crippen LogP contribution is 2.34. The number of carbonyl (C=O) groups is 1. The highest BCUT2D eigenvalue weighted by Gasteiger charge is 2.40. The van der Waals surface area contributed by atoms with Gasteiger partial charge >= 0.3 is 6.18 Å². The summed E-state index contributed by atoms with van der Waals surface area (Å²) < 4.78 is 44.6. The molecule has 0 aliphatic carbocycles. The zero-order valence-corrected chi connectivity index (χ0v) is 26.9. The minimum atomic E-state index is -4.35. The zero-order chi connectivity index (χ0) is 31.5. The molecule has 3 rings (SSSR count). The van der Waals surface area contributed by atoms with Gasteiger partial charge in [-0.05, 0) is 64.7 Å². The van der Waals surface area contributed by atoms with Gasteiger partial charge < -0.3 is 9.64 Å². The summed E-state index contributed by atoms with van der Waals surface area (Å²) in [5.74, 6) is 0.0527. The zero-order valence-electron chi connectivity index (χ0n) is 26.9. The van der Waals surface area contributed by atoms with E-state index in [0.717, 1.165) is 74.4 Å². The van der Waals surface area contributed by atoms with E-state index in [1.165, 1.54) is 0 Å². The fraction of sp³-hybridized carbons (Fsp3) is 0.636. The number of hydrogen-bond acceptors (Lipinski definition) is 5. The van der Waals surface area contributed by atoms with Crippen molar-refractivity contribution >= 4 is 11.6 Å². The highest BCUT2D eigenvalue weighted by atomic mass is 19.4. The number of methoxy groups -OCH3 is 1. The van der Waals surface area contributed by atoms with Crippen molar-refractivity contribution in [3.63, 3.8) is 0 Å². The van der Waals surface area contributed by atoms with Crippen LogP contribution in [0.25, 0.3) is 0 Å². The molecule has 42 heavy (non-hydrogen) atoms. The summed E-state index contributed by atoms with van der Waals surface area (Å²) in [5, 5.41) is 0. The summed E-state index contributed by atoms with van der Waals surface area (Å²) in [6, 6.07) is 5.35. The van der Waals surface area contributed by atoms with E-state index in [2.05, 4.69) is 28.6 Å². The van der Waals surface area contributed by atoms with Gasteiger partial charge in [0.2, 0.25) is 0 Å². The van der Waals surface area contributed by atoms with Crippen LogP contribution in [0.4, 0.5) is 13.2 Å². The number of benzene rings is 1. The molecular formula is C33H51F3N4O2. The highest BCUT2D eigenvalue weighted by molar-refractivity contribution is 6.21. The molecule has 0 N–H and O–H groups in total. The average Bonchev–Trinajstić information content (AvgIpc) is 2.97. The number of carbonyl (C=O) groups excluding carboxylic acids is 1. The normalized spacial score (nSPS) is 19.3. The Morgan fingerprint density at radius 1 is 1.02 bits per heavy atom. The number of halogens is 3. The molecule has 0 saturated carbocycles. The third kappa shape index (κ3) is 9.25. The van der Waals surface area contributed by atoms with Gasteiger partial charge in [-0.15, -0.1) is 0 Å². The Morgan fingerprint density at radius 3 is 2.07 bits per heavy atom. The molecule has 6 nitrogen and oxygen atoms in total. The molecule has 0 unspecified atom stereocenters. The lowest BCUT2D eigenvalue weighted by molar-refractivity contribution is -0.137. The van der Waals surface area contributed by atoms with Gasteiger partial charge in [0.1, 0.15) is 0 Å². The third-order valence-corrected chi connectivity index (χ3v) is 8.28. The van der Waals surface area contributed by atoms with Crippen molar-refractivity contribution in [1.82, 2.24) is 14.7 Å². The lowest BCUT2D eigenvalue weighted by Gasteiger charge is -2.50. The van der Waals surface area contributed by atoms with Gasteiger partial charge in [0, 0.05) is 63.8 Å². The summed E-state index contributed by atoms with van der Waals surface area (Å²) in [5.41, 5.74) is 2.61. The first kappa shape index (κ1) is 35.7. The minimum absolute atomic E-state index is 0.00782. The maximum absolute atomic E-state index is 13.5. The van der Waals surface area contributed by atoms with E-state index in [9.17, 15) is 18.0 Å². The van der Waals surface area contributed by atoms with E-state index < -0.39 is 11.7 Å². The summed E-state index contributed by atoms with van der Waals surface area (Å²) in [4.78, 5) is 24.7. The lowest BCUT2D eigenvalue weighted by Crippen LogP contribution is -2.60. The smallest absolute Gasteiger partial charge is 0.383 e. The van der Waals surface area contributed by atoms with E-state index in [1.54, 1.807) is 25.4 Å². The molecule has 0 aromatic heterocycles. The molecule has 1 amide bonds. The average molecular weight is 593 g/mol. The number of piperazine rings is 1. The van der Waals surface area contributed by atoms with Crippen LogP contribution in [-0.2, 0) is 15.7 Å². The van der Waals surface area contributed by atoms with Crippen molar-refractivity contribution in [2.75, 3.05) is 53.0 Å². The van der Waals surface area contributed by atoms with Crippen molar-refractivity contribution in [1.29, 1.82) is 0 Å². The molecule has 0 spiro atoms. The summed E-state index contributed by atoms with van der Waals surface area (Å²) in [7, 11) is 1.62. The van der Waals surface area contributed by atoms with Gasteiger partial charge in [0.25, 0.3) is 5.91 Å². The quantitative estimate of drug-likeness (QED) is 0.226. The van der Waals surface area contributed by atoms with Crippen LogP contribution in [0.3, 0.4) is 0 Å². The number of nitrogens with zero attached hydrogens (tertiary/aromatic N) is 4. The first-order chi connectivity index (χ1) is 19.9. The molecule has 2 heterocycles. The van der Waals surface area contributed by atoms with E-state index in [0.29, 0.717) is 25.3 Å². The number of allylic oxidation sites excluding steroid dienone is 2. The van der Waals surface area contributed by atoms with Crippen LogP contribution in [0, 0.1) is 0 Å². The molecule has 0 radical (unpaired) electrons. The Kier molecular flexibility index (Phi) is 13.9. The van der Waals surface area contributed by atoms with Crippen LogP contribution in [-0.4, -0.2) is 84.8 Å². The fourth-order valence-corrected chi connectivity index (χ4v) is 5.77. The van der Waals surface area contributed by atoms with Crippen molar-refractivity contribution < 1.29 is 22.7 Å². The van der Waals surface area contributed by atoms with Crippen LogP contribution < -0.4 is 0 Å². The van der Waals surface area contributed by atoms with Gasteiger partial charge in [0.15, 0.2) is 0 Å². The Balaban J connectivity index is 0.00000301. The predicted octanol–water partition coefficient (Wildman–Crippen LogP) is 7.14. The molecule has 2 fully saturated rings. The first-order valence-electron chi connectivity index (χ1n) is 15.2. The third-order valence-electron chi connectivity index (χ3n) is 8.28. The molecule has 2 saturated heterocycles. The fourth-order valence-electron chi connectivity index (χ4n) is 5.77. The first-order valence-corrected chi connectivity index (χ1v) is 15.2. The van der Waals surface area contributed by atoms with Crippen LogP contribution in [0.15, 0.2) is 52.7 Å². The molecule has 1 aromatic carbocycles. The second kappa shape index (κ2) is 16.4. The topological polar surface area (TPSA) is 48.4 Å². The molecular weight excluding hydrogens is 541 g/mol. The van der Waals surface area contributed by atoms with E-state index in [-0.39, 0.29) is 17.5 Å². The summed E-state index contributed by atoms with van der Waals surface area (Å²) in [6.45, 7) is 19.3. The number of hydrogen-bond donors (Lipinski definition) is 0. The summed E-state index contributed by atoms with van der Waals surface area (Å²) in [6.07, 6.45) is 2.08. The van der Waals surface area contributed by atoms with Crippen LogP contribution in [0.5, 0.6) is 0 Å². The number of ether oxygens (including phenoxy) is 1. The van der Waals surface area contributed by atoms with Crippen molar-refractivity contribution in [2.45, 2.75) is 85.5 Å². The molecule has 1 atom stereocenters. The van der Waals surface area contributed by atoms with Gasteiger partial charge in [0.05, 0.1) is 23.8 Å². The van der Waals surface area contributed by atoms with E-state index in [4.69, 9.17) is 4.74 Å². The second-order valence-corrected chi connectivity index (χ2v) is 11.3. The molecule has 236 valence electrons. The van der Waals surface area contributed by atoms with Crippen molar-refractivity contribution in [3.8, 4) is 0 Å². The Labute approximate surface area is 251 Å². The maximum atomic E-state index is 13.5. The van der Waals surface area contributed by atoms with Gasteiger partial charge in [-0.1, -0.05) is 44.6 Å². The van der Waals surface area contributed by atoms with Crippen LogP contribution >= 0.6 is 0 Å². The Bertz CT molecular complexity index is 1080. The van der Waals surface area contributed by atoms with E-state index >= 15 is 0 Å². The van der Waals surface area contributed by atoms with Crippen molar-refractivity contribution in [3.05, 3.63) is 58.8 Å². The number of likely N-dealkylation sites (tertiary alicyclic amines) is 1. The number of rotatable bonds is 9. The standard InChI is InChI=1S/C31H45F3N4O2.C2H6/c1-7-8-15-35-24(4)28(23(2)3)29(39)37-16-13-30(5,14-17-37)38-20-18-36(19-21-38)27(22-40-6)25-9-11-26(12-10-25)31(32,33)34;1-2/h8-12,15,27H,7,13-14,16-22H2,1-6H3;1-2H3/b15-8+,35-24?;/t27-;/m0./s1. The number of alkyl halides is 3. The Morgan fingerprint density at radius 2 is 1.60 bits per heavy atom. The molecule has 2 aliphatic rings. The summed E-state index contributed by atoms with van der Waals surface area (Å²) >= 11 is 0. The van der Waals surface area contributed by atoms with Crippen molar-refractivity contribution in [2.24, 2.45) is 4.99 Å². The monoisotopic (exact) mass is 592 g/mol. The minimum Gasteiger partial charge on any atom is -0.383 e. The predicted molar refractivity (Wildman–Crippen MR) is 166 cm³/mol. The van der Waals surface area contributed by atoms with E-state index in [1.807, 2.05) is 45.6 Å². The molecule has 1 aromatic rings. The van der Waals surface area contributed by atoms with Crippen LogP contribution in [0.1, 0.15) is 84.9 Å². The lowest BCUT2D eigenvalue weighted by atomic mass is 9.86. The van der Waals surface area contributed by atoms with Gasteiger partial charge in [-0.2, -0.15) is 13.2 Å². The second-order valence-electron chi connectivity index (χ2n) is 11.3. The number of piperidine rings is 1. The van der Waals surface area contributed by atoms with Crippen LogP contribution in [0.2, 0.25) is 0 Å². The number of amides is 1. The Hall–Kier alpha value is -2.49. The molecule has 2 aliphatic heterocycles. The maximum Gasteiger partial charge on any atom is 0.416 e. The van der Waals surface area contributed by atoms with Gasteiger partial charge in [-0.25, -0.2) is 0 Å². The van der Waals surface area contributed by atoms with Gasteiger partial charge in [-0.3, -0.25) is 19.6 Å².